The van der Waals surface area contributed by atoms with E-state index < -0.39 is 11.9 Å². The fraction of sp³-hybridized carbons (Fsp3) is 0.500. The molecule has 0 bridgehead atoms. The van der Waals surface area contributed by atoms with Crippen LogP contribution in [0.15, 0.2) is 0 Å². The molecule has 0 aliphatic heterocycles. The van der Waals surface area contributed by atoms with Crippen molar-refractivity contribution in [2.24, 2.45) is 0 Å². The summed E-state index contributed by atoms with van der Waals surface area (Å²) in [6.07, 6.45) is 0. The van der Waals surface area contributed by atoms with Gasteiger partial charge in [-0.05, 0) is 0 Å². The van der Waals surface area contributed by atoms with Crippen LogP contribution in [0.4, 0.5) is 0 Å². The van der Waals surface area contributed by atoms with E-state index in [9.17, 15) is 0 Å². The summed E-state index contributed by atoms with van der Waals surface area (Å²) in [6.45, 7) is 2.17. The fourth-order valence-electron chi connectivity index (χ4n) is 0. The van der Waals surface area contributed by atoms with Crippen molar-refractivity contribution in [1.82, 2.24) is 0 Å². The third-order valence-electron chi connectivity index (χ3n) is 0. The van der Waals surface area contributed by atoms with Gasteiger partial charge in [0.1, 0.15) is 0 Å². The van der Waals surface area contributed by atoms with E-state index in [0.717, 1.165) is 13.8 Å². The van der Waals surface area contributed by atoms with Gasteiger partial charge in [-0.2, -0.15) is 0 Å². The molecule has 0 aromatic rings. The van der Waals surface area contributed by atoms with Gasteiger partial charge in [0.25, 0.3) is 11.9 Å². The fourth-order valence-corrected chi connectivity index (χ4v) is 0. The molecule has 0 saturated heterocycles. The van der Waals surface area contributed by atoms with Crippen LogP contribution in [0.3, 0.4) is 0 Å². The van der Waals surface area contributed by atoms with Gasteiger partial charge in [0.15, 0.2) is 0 Å². The Kier molecular flexibility index (Phi) is 180. The number of aliphatic carboxylic acids is 2. The van der Waals surface area contributed by atoms with Crippen LogP contribution in [0.2, 0.25) is 0 Å². The second kappa shape index (κ2) is 42.3. The van der Waals surface area contributed by atoms with Gasteiger partial charge in [-0.25, -0.2) is 0 Å². The molecule has 9 heteroatoms. The predicted molar refractivity (Wildman–Crippen MR) is 41.1 cm³/mol. The van der Waals surface area contributed by atoms with Gasteiger partial charge in [0.05, 0.1) is 0 Å². The van der Waals surface area contributed by atoms with Gasteiger partial charge in [-0.1, -0.05) is 0 Å². The average molecular weight is 258 g/mol. The monoisotopic (exact) mass is 256 g/mol. The molecule has 0 aliphatic carbocycles. The zero-order valence-electron chi connectivity index (χ0n) is 7.42. The maximum Gasteiger partial charge on any atom is 0.300 e. The minimum Gasteiger partial charge on any atom is -0.481 e. The summed E-state index contributed by atoms with van der Waals surface area (Å²) in [7, 11) is 0. The molecule has 0 aliphatic rings. The molecule has 10 N–H and O–H groups in total. The molecule has 0 aromatic carbocycles. The minimum atomic E-state index is -0.833. The summed E-state index contributed by atoms with van der Waals surface area (Å²) in [5.74, 6) is -1.67. The molecule has 0 heterocycles. The van der Waals surface area contributed by atoms with E-state index in [4.69, 9.17) is 19.8 Å². The summed E-state index contributed by atoms with van der Waals surface area (Å²) in [4.78, 5) is 18.0. The first kappa shape index (κ1) is 55.2. The summed E-state index contributed by atoms with van der Waals surface area (Å²) in [5.41, 5.74) is 0. The largest absolute Gasteiger partial charge is 0.481 e. The molecule has 0 rings (SSSR count). The summed E-state index contributed by atoms with van der Waals surface area (Å²) in [5, 5.41) is 14.8. The molecule has 8 nitrogen and oxygen atoms in total. The van der Waals surface area contributed by atoms with Gasteiger partial charge in [-0.15, -0.1) is 0 Å². The number of carboxylic acid groups (broad SMARTS) is 2. The first-order valence-electron chi connectivity index (χ1n) is 1.86. The number of hydrogen-bond acceptors (Lipinski definition) is 2. The molecule has 0 amide bonds. The first-order valence-corrected chi connectivity index (χ1v) is 1.86. The Morgan fingerprint density at radius 1 is 0.769 bits per heavy atom. The molecular weight excluding hydrogens is 241 g/mol. The van der Waals surface area contributed by atoms with Crippen molar-refractivity contribution in [2.75, 3.05) is 0 Å². The molecule has 0 atom stereocenters. The van der Waals surface area contributed by atoms with Gasteiger partial charge >= 0.3 is 0 Å². The molecule has 0 unspecified atom stereocenters. The third kappa shape index (κ3) is 2830. The number of hydrogen-bond donors (Lipinski definition) is 2. The van der Waals surface area contributed by atoms with Crippen molar-refractivity contribution in [3.05, 3.63) is 0 Å². The average Bonchev–Trinajstić information content (AvgIpc) is 1.25. The smallest absolute Gasteiger partial charge is 0.300 e. The van der Waals surface area contributed by atoms with Gasteiger partial charge in [0.2, 0.25) is 0 Å². The number of rotatable bonds is 0. The van der Waals surface area contributed by atoms with E-state index >= 15 is 0 Å². The Bertz CT molecular complexity index is 74.1. The van der Waals surface area contributed by atoms with Crippen LogP contribution in [0.5, 0.6) is 0 Å². The second-order valence-electron chi connectivity index (χ2n) is 1.04. The van der Waals surface area contributed by atoms with E-state index in [1.54, 1.807) is 0 Å². The van der Waals surface area contributed by atoms with E-state index in [0.29, 0.717) is 0 Å². The summed E-state index contributed by atoms with van der Waals surface area (Å²) >= 11 is 0. The third-order valence-corrected chi connectivity index (χ3v) is 0. The Balaban J connectivity index is -0.00000000800. The van der Waals surface area contributed by atoms with Gasteiger partial charge < -0.3 is 32.1 Å². The molecule has 13 heavy (non-hydrogen) atoms. The second-order valence-corrected chi connectivity index (χ2v) is 1.04. The maximum absolute atomic E-state index is 9.00. The van der Waals surface area contributed by atoms with Crippen LogP contribution in [0.25, 0.3) is 0 Å². The minimum absolute atomic E-state index is 0. The molecule has 0 saturated carbocycles. The zero-order valence-corrected chi connectivity index (χ0v) is 10.4. The zero-order chi connectivity index (χ0) is 7.15. The van der Waals surface area contributed by atoms with Crippen LogP contribution in [-0.4, -0.2) is 44.1 Å². The van der Waals surface area contributed by atoms with Crippen LogP contribution < -0.4 is 0 Å². The molecule has 82 valence electrons. The van der Waals surface area contributed by atoms with Crippen LogP contribution in [0.1, 0.15) is 13.8 Å². The topological polar surface area (TPSA) is 201 Å². The van der Waals surface area contributed by atoms with Crippen molar-refractivity contribution < 1.29 is 61.2 Å². The van der Waals surface area contributed by atoms with Crippen molar-refractivity contribution in [2.45, 2.75) is 13.8 Å². The van der Waals surface area contributed by atoms with Crippen molar-refractivity contribution in [3.8, 4) is 0 Å². The number of carbonyl (C=O) groups is 2. The van der Waals surface area contributed by atoms with E-state index in [2.05, 4.69) is 0 Å². The Hall–Kier alpha value is -0.597. The normalized spacial score (nSPS) is 3.85. The van der Waals surface area contributed by atoms with Gasteiger partial charge in [0, 0.05) is 33.3 Å². The van der Waals surface area contributed by atoms with Crippen molar-refractivity contribution >= 4 is 11.9 Å². The van der Waals surface area contributed by atoms with Crippen LogP contribution in [0, 0.1) is 0 Å². The quantitative estimate of drug-likeness (QED) is 0.432. The van der Waals surface area contributed by atoms with Crippen LogP contribution >= 0.6 is 0 Å². The van der Waals surface area contributed by atoms with Crippen LogP contribution in [-0.2, 0) is 29.1 Å². The SMILES string of the molecule is CC(=O)O.CC(=O)O.O.O.O.O.[Zn]. The van der Waals surface area contributed by atoms with E-state index in [1.165, 1.54) is 0 Å². The van der Waals surface area contributed by atoms with Crippen molar-refractivity contribution in [3.63, 3.8) is 0 Å². The number of carboxylic acids is 2. The predicted octanol–water partition coefficient (Wildman–Crippen LogP) is -3.12. The van der Waals surface area contributed by atoms with Gasteiger partial charge in [-0.3, -0.25) is 9.59 Å². The summed E-state index contributed by atoms with van der Waals surface area (Å²) < 4.78 is 0. The standard InChI is InChI=1S/2C2H4O2.4H2O.Zn/c2*1-2(3)4;;;;;/h2*1H3,(H,3,4);4*1H2;. The molecular formula is C4H16O8Zn. The van der Waals surface area contributed by atoms with E-state index in [1.807, 2.05) is 0 Å². The first-order chi connectivity index (χ1) is 3.46. The molecule has 0 aromatic heterocycles. The van der Waals surface area contributed by atoms with E-state index in [-0.39, 0.29) is 41.4 Å². The molecule has 0 spiro atoms. The maximum atomic E-state index is 9.00. The van der Waals surface area contributed by atoms with Crippen molar-refractivity contribution in [1.29, 1.82) is 0 Å². The Labute approximate surface area is 87.6 Å². The molecule has 0 fully saturated rings. The Morgan fingerprint density at radius 3 is 0.769 bits per heavy atom. The molecule has 0 radical (unpaired) electrons. The Morgan fingerprint density at radius 2 is 0.769 bits per heavy atom. The summed E-state index contributed by atoms with van der Waals surface area (Å²) in [6, 6.07) is 0.